The molecule has 25 heavy (non-hydrogen) atoms. The second-order valence-corrected chi connectivity index (χ2v) is 6.30. The predicted octanol–water partition coefficient (Wildman–Crippen LogP) is 3.36. The molecule has 130 valence electrons. The van der Waals surface area contributed by atoms with Crippen LogP contribution in [-0.2, 0) is 0 Å². The molecule has 1 N–H and O–H groups in total. The predicted molar refractivity (Wildman–Crippen MR) is 97.6 cm³/mol. The normalized spacial score (nSPS) is 15.5. The summed E-state index contributed by atoms with van der Waals surface area (Å²) in [7, 11) is 3.21. The fourth-order valence-corrected chi connectivity index (χ4v) is 3.57. The first-order valence-electron chi connectivity index (χ1n) is 8.56. The highest BCUT2D eigenvalue weighted by atomic mass is 16.5. The molecular weight excluding hydrogens is 316 g/mol. The van der Waals surface area contributed by atoms with Gasteiger partial charge in [-0.15, -0.1) is 0 Å². The Morgan fingerprint density at radius 1 is 1.04 bits per heavy atom. The van der Waals surface area contributed by atoms with Gasteiger partial charge >= 0.3 is 0 Å². The monoisotopic (exact) mass is 338 g/mol. The number of fused-ring (bicyclic) bond motifs is 1. The molecule has 0 atom stereocenters. The molecule has 0 aliphatic carbocycles. The van der Waals surface area contributed by atoms with E-state index in [2.05, 4.69) is 50.3 Å². The van der Waals surface area contributed by atoms with Crippen molar-refractivity contribution in [2.75, 3.05) is 32.2 Å². The molecule has 0 spiro atoms. The van der Waals surface area contributed by atoms with Crippen LogP contribution in [0.25, 0.3) is 10.9 Å². The molecule has 0 saturated carbocycles. The van der Waals surface area contributed by atoms with E-state index in [1.807, 2.05) is 0 Å². The Bertz CT molecular complexity index is 846. The molecule has 3 heterocycles. The number of anilines is 1. The fraction of sp³-hybridized carbons (Fsp3) is 0.368. The van der Waals surface area contributed by atoms with E-state index < -0.39 is 0 Å². The van der Waals surface area contributed by atoms with Gasteiger partial charge in [-0.3, -0.25) is 0 Å². The van der Waals surface area contributed by atoms with Crippen molar-refractivity contribution in [1.82, 2.24) is 15.0 Å². The molecule has 1 aliphatic rings. The average Bonchev–Trinajstić information content (AvgIpc) is 3.12. The van der Waals surface area contributed by atoms with Crippen molar-refractivity contribution in [3.8, 4) is 11.8 Å². The maximum Gasteiger partial charge on any atom is 0.231 e. The number of nitrogens with one attached hydrogen (secondary N) is 1. The van der Waals surface area contributed by atoms with Gasteiger partial charge in [0.05, 0.1) is 20.3 Å². The number of para-hydroxylation sites is 1. The van der Waals surface area contributed by atoms with Crippen LogP contribution < -0.4 is 14.4 Å². The Morgan fingerprint density at radius 2 is 1.72 bits per heavy atom. The van der Waals surface area contributed by atoms with Gasteiger partial charge in [0.1, 0.15) is 0 Å². The maximum absolute atomic E-state index is 5.25. The maximum atomic E-state index is 5.25. The highest BCUT2D eigenvalue weighted by Crippen LogP contribution is 2.34. The molecule has 2 aromatic heterocycles. The Balaban J connectivity index is 1.52. The Hall–Kier alpha value is -2.76. The first-order chi connectivity index (χ1) is 12.3. The number of nitrogens with zero attached hydrogens (tertiary/aromatic N) is 3. The molecule has 3 aromatic rings. The molecule has 1 saturated heterocycles. The first-order valence-corrected chi connectivity index (χ1v) is 8.56. The van der Waals surface area contributed by atoms with E-state index in [0.29, 0.717) is 23.6 Å². The van der Waals surface area contributed by atoms with Crippen LogP contribution in [0.15, 0.2) is 36.5 Å². The Labute approximate surface area is 146 Å². The summed E-state index contributed by atoms with van der Waals surface area (Å²) in [4.78, 5) is 14.5. The molecule has 6 heteroatoms. The molecule has 0 radical (unpaired) electrons. The molecule has 0 bridgehead atoms. The quantitative estimate of drug-likeness (QED) is 0.790. The zero-order valence-corrected chi connectivity index (χ0v) is 14.5. The van der Waals surface area contributed by atoms with E-state index in [4.69, 9.17) is 9.47 Å². The smallest absolute Gasteiger partial charge is 0.231 e. The number of methoxy groups -OCH3 is 2. The van der Waals surface area contributed by atoms with Crippen molar-refractivity contribution < 1.29 is 9.47 Å². The van der Waals surface area contributed by atoms with Crippen LogP contribution in [0.4, 0.5) is 5.95 Å². The SMILES string of the molecule is COc1cc(OC)nc(N2CCC(c3c[nH]c4ccccc34)CC2)n1. The molecule has 6 nitrogen and oxygen atoms in total. The number of hydrogen-bond donors (Lipinski definition) is 1. The third-order valence-electron chi connectivity index (χ3n) is 4.92. The number of rotatable bonds is 4. The number of aromatic nitrogens is 3. The second-order valence-electron chi connectivity index (χ2n) is 6.30. The molecule has 4 rings (SSSR count). The standard InChI is InChI=1S/C19H22N4O2/c1-24-17-11-18(25-2)22-19(21-17)23-9-7-13(8-10-23)15-12-20-16-6-4-3-5-14(15)16/h3-6,11-13,20H,7-10H2,1-2H3. The minimum atomic E-state index is 0.528. The van der Waals surface area contributed by atoms with Gasteiger partial charge in [-0.2, -0.15) is 9.97 Å². The van der Waals surface area contributed by atoms with Crippen LogP contribution in [-0.4, -0.2) is 42.3 Å². The molecule has 0 amide bonds. The zero-order valence-electron chi connectivity index (χ0n) is 14.5. The van der Waals surface area contributed by atoms with Crippen molar-refractivity contribution >= 4 is 16.9 Å². The second kappa shape index (κ2) is 6.63. The summed E-state index contributed by atoms with van der Waals surface area (Å²) in [5, 5.41) is 1.33. The van der Waals surface area contributed by atoms with E-state index in [9.17, 15) is 0 Å². The van der Waals surface area contributed by atoms with Gasteiger partial charge in [-0.25, -0.2) is 0 Å². The van der Waals surface area contributed by atoms with Crippen LogP contribution in [0.5, 0.6) is 11.8 Å². The van der Waals surface area contributed by atoms with Gasteiger partial charge in [-0.1, -0.05) is 18.2 Å². The molecule has 1 fully saturated rings. The van der Waals surface area contributed by atoms with Crippen LogP contribution >= 0.6 is 0 Å². The summed E-state index contributed by atoms with van der Waals surface area (Å²) < 4.78 is 10.5. The lowest BCUT2D eigenvalue weighted by Gasteiger charge is -2.32. The van der Waals surface area contributed by atoms with Crippen LogP contribution in [0, 0.1) is 0 Å². The molecule has 0 unspecified atom stereocenters. The van der Waals surface area contributed by atoms with Crippen LogP contribution in [0.1, 0.15) is 24.3 Å². The number of H-pyrrole nitrogens is 1. The lowest BCUT2D eigenvalue weighted by Crippen LogP contribution is -2.34. The number of aromatic amines is 1. The average molecular weight is 338 g/mol. The van der Waals surface area contributed by atoms with Gasteiger partial charge in [0.2, 0.25) is 17.7 Å². The summed E-state index contributed by atoms with van der Waals surface area (Å²) in [6, 6.07) is 10.2. The summed E-state index contributed by atoms with van der Waals surface area (Å²) in [6.45, 7) is 1.83. The number of hydrogen-bond acceptors (Lipinski definition) is 5. The van der Waals surface area contributed by atoms with E-state index in [1.165, 1.54) is 16.5 Å². The van der Waals surface area contributed by atoms with Gasteiger partial charge in [0.25, 0.3) is 0 Å². The van der Waals surface area contributed by atoms with Gasteiger partial charge in [0.15, 0.2) is 0 Å². The third-order valence-corrected chi connectivity index (χ3v) is 4.92. The first kappa shape index (κ1) is 15.7. The summed E-state index contributed by atoms with van der Waals surface area (Å²) in [6.07, 6.45) is 4.31. The number of ether oxygens (including phenoxy) is 2. The molecular formula is C19H22N4O2. The van der Waals surface area contributed by atoms with E-state index in [1.54, 1.807) is 20.3 Å². The lowest BCUT2D eigenvalue weighted by molar-refractivity contribution is 0.370. The molecule has 1 aromatic carbocycles. The zero-order chi connectivity index (χ0) is 17.2. The lowest BCUT2D eigenvalue weighted by atomic mass is 9.89. The van der Waals surface area contributed by atoms with Gasteiger partial charge in [-0.05, 0) is 30.4 Å². The highest BCUT2D eigenvalue weighted by Gasteiger charge is 2.24. The van der Waals surface area contributed by atoms with Crippen molar-refractivity contribution in [3.05, 3.63) is 42.1 Å². The van der Waals surface area contributed by atoms with Crippen molar-refractivity contribution in [3.63, 3.8) is 0 Å². The third kappa shape index (κ3) is 2.99. The minimum Gasteiger partial charge on any atom is -0.481 e. The summed E-state index contributed by atoms with van der Waals surface area (Å²) >= 11 is 0. The Morgan fingerprint density at radius 3 is 2.40 bits per heavy atom. The minimum absolute atomic E-state index is 0.528. The van der Waals surface area contributed by atoms with E-state index in [0.717, 1.165) is 25.9 Å². The van der Waals surface area contributed by atoms with E-state index >= 15 is 0 Å². The van der Waals surface area contributed by atoms with Crippen LogP contribution in [0.3, 0.4) is 0 Å². The summed E-state index contributed by atoms with van der Waals surface area (Å²) in [5.74, 6) is 2.29. The van der Waals surface area contributed by atoms with Gasteiger partial charge < -0.3 is 19.4 Å². The summed E-state index contributed by atoms with van der Waals surface area (Å²) in [5.41, 5.74) is 2.63. The van der Waals surface area contributed by atoms with Crippen molar-refractivity contribution in [2.24, 2.45) is 0 Å². The van der Waals surface area contributed by atoms with Crippen LogP contribution in [0.2, 0.25) is 0 Å². The van der Waals surface area contributed by atoms with Gasteiger partial charge in [0, 0.05) is 30.2 Å². The highest BCUT2D eigenvalue weighted by molar-refractivity contribution is 5.83. The largest absolute Gasteiger partial charge is 0.481 e. The number of benzene rings is 1. The van der Waals surface area contributed by atoms with E-state index in [-0.39, 0.29) is 0 Å². The molecule has 1 aliphatic heterocycles. The van der Waals surface area contributed by atoms with Crippen molar-refractivity contribution in [2.45, 2.75) is 18.8 Å². The Kier molecular flexibility index (Phi) is 4.17. The van der Waals surface area contributed by atoms with Crippen molar-refractivity contribution in [1.29, 1.82) is 0 Å². The fourth-order valence-electron chi connectivity index (χ4n) is 3.57. The topological polar surface area (TPSA) is 63.3 Å². The number of piperidine rings is 1.